The van der Waals surface area contributed by atoms with Gasteiger partial charge in [-0.3, -0.25) is 4.57 Å². The predicted molar refractivity (Wildman–Crippen MR) is 66.4 cm³/mol. The number of halogens is 2. The molecule has 1 heterocycles. The highest BCUT2D eigenvalue weighted by atomic mass is 19.3. The van der Waals surface area contributed by atoms with Crippen molar-refractivity contribution >= 4 is 0 Å². The lowest BCUT2D eigenvalue weighted by molar-refractivity contribution is 0.0663. The van der Waals surface area contributed by atoms with Gasteiger partial charge in [0, 0.05) is 18.4 Å². The van der Waals surface area contributed by atoms with Crippen molar-refractivity contribution in [3.63, 3.8) is 0 Å². The van der Waals surface area contributed by atoms with E-state index in [1.54, 1.807) is 0 Å². The molecule has 5 heteroatoms. The molecule has 1 atom stereocenters. The Kier molecular flexibility index (Phi) is 4.69. The van der Waals surface area contributed by atoms with Crippen LogP contribution in [-0.2, 0) is 6.54 Å². The number of aromatic nitrogens is 2. The lowest BCUT2D eigenvalue weighted by atomic mass is 9.84. The summed E-state index contributed by atoms with van der Waals surface area (Å²) in [6, 6.07) is 0.369. The van der Waals surface area contributed by atoms with E-state index in [-0.39, 0.29) is 0 Å². The summed E-state index contributed by atoms with van der Waals surface area (Å²) in [6.07, 6.45) is 9.17. The normalized spacial score (nSPS) is 19.3. The fourth-order valence-corrected chi connectivity index (χ4v) is 2.71. The largest absolute Gasteiger partial charge is 0.319 e. The van der Waals surface area contributed by atoms with Gasteiger partial charge in [-0.05, 0) is 25.7 Å². The van der Waals surface area contributed by atoms with Gasteiger partial charge in [0.2, 0.25) is 0 Å². The van der Waals surface area contributed by atoms with Gasteiger partial charge in [-0.1, -0.05) is 19.3 Å². The van der Waals surface area contributed by atoms with Crippen LogP contribution in [0.2, 0.25) is 0 Å². The summed E-state index contributed by atoms with van der Waals surface area (Å²) in [4.78, 5) is 3.97. The average molecular weight is 257 g/mol. The third kappa shape index (κ3) is 3.28. The van der Waals surface area contributed by atoms with E-state index in [9.17, 15) is 8.78 Å². The minimum absolute atomic E-state index is 0.369. The van der Waals surface area contributed by atoms with Gasteiger partial charge in [0.25, 0.3) is 0 Å². The molecule has 102 valence electrons. The highest BCUT2D eigenvalue weighted by Crippen LogP contribution is 2.26. The number of rotatable bonds is 5. The van der Waals surface area contributed by atoms with Gasteiger partial charge in [0.05, 0.1) is 6.54 Å². The summed E-state index contributed by atoms with van der Waals surface area (Å²) >= 11 is 0. The molecule has 1 aromatic heterocycles. The van der Waals surface area contributed by atoms with Crippen molar-refractivity contribution in [2.24, 2.45) is 5.92 Å². The van der Waals surface area contributed by atoms with Gasteiger partial charge in [-0.2, -0.15) is 8.78 Å². The molecule has 0 unspecified atom stereocenters. The van der Waals surface area contributed by atoms with E-state index >= 15 is 0 Å². The Morgan fingerprint density at radius 2 is 2.11 bits per heavy atom. The van der Waals surface area contributed by atoms with E-state index in [2.05, 4.69) is 17.2 Å². The van der Waals surface area contributed by atoms with Crippen LogP contribution in [0.5, 0.6) is 0 Å². The van der Waals surface area contributed by atoms with E-state index in [0.717, 1.165) is 4.57 Å². The third-order valence-corrected chi connectivity index (χ3v) is 3.90. The zero-order valence-electron chi connectivity index (χ0n) is 10.8. The zero-order valence-corrected chi connectivity index (χ0v) is 10.8. The van der Waals surface area contributed by atoms with Crippen LogP contribution in [0.15, 0.2) is 12.4 Å². The summed E-state index contributed by atoms with van der Waals surface area (Å²) in [6.45, 7) is 0.0509. The maximum Gasteiger partial charge on any atom is 0.319 e. The van der Waals surface area contributed by atoms with E-state index < -0.39 is 6.55 Å². The Morgan fingerprint density at radius 1 is 1.39 bits per heavy atom. The van der Waals surface area contributed by atoms with Crippen molar-refractivity contribution in [3.8, 4) is 0 Å². The minimum Gasteiger partial charge on any atom is -0.307 e. The first kappa shape index (κ1) is 13.5. The molecule has 0 saturated heterocycles. The van der Waals surface area contributed by atoms with Crippen LogP contribution >= 0.6 is 0 Å². The molecule has 0 aromatic carbocycles. The molecule has 1 aliphatic rings. The molecule has 0 amide bonds. The van der Waals surface area contributed by atoms with Crippen LogP contribution in [0.25, 0.3) is 0 Å². The zero-order chi connectivity index (χ0) is 13.0. The molecule has 1 aromatic rings. The second-order valence-corrected chi connectivity index (χ2v) is 5.10. The molecule has 0 aliphatic heterocycles. The number of alkyl halides is 2. The molecule has 1 saturated carbocycles. The maximum atomic E-state index is 12.6. The molecule has 1 fully saturated rings. The van der Waals surface area contributed by atoms with Gasteiger partial charge in [-0.25, -0.2) is 4.98 Å². The maximum absolute atomic E-state index is 12.6. The third-order valence-electron chi connectivity index (χ3n) is 3.90. The van der Waals surface area contributed by atoms with Crippen molar-refractivity contribution in [1.82, 2.24) is 14.9 Å². The van der Waals surface area contributed by atoms with Gasteiger partial charge in [-0.15, -0.1) is 0 Å². The lowest BCUT2D eigenvalue weighted by Gasteiger charge is -2.28. The van der Waals surface area contributed by atoms with Gasteiger partial charge in [0.15, 0.2) is 0 Å². The highest BCUT2D eigenvalue weighted by molar-refractivity contribution is 4.93. The number of nitrogens with one attached hydrogen (secondary N) is 1. The van der Waals surface area contributed by atoms with Gasteiger partial charge in [0.1, 0.15) is 5.82 Å². The first-order valence-corrected chi connectivity index (χ1v) is 6.71. The SMILES string of the molecule is C[C@@H](NCc1nccn1C(F)F)C1CCCCC1. The standard InChI is InChI=1S/C13H21F2N3/c1-10(11-5-3-2-4-6-11)17-9-12-16-7-8-18(12)13(14)15/h7-8,10-11,13,17H,2-6,9H2,1H3/t10-/m1/s1. The van der Waals surface area contributed by atoms with Crippen molar-refractivity contribution < 1.29 is 8.78 Å². The first-order valence-electron chi connectivity index (χ1n) is 6.71. The van der Waals surface area contributed by atoms with E-state index in [1.807, 2.05) is 0 Å². The quantitative estimate of drug-likeness (QED) is 0.876. The minimum atomic E-state index is -2.51. The fraction of sp³-hybridized carbons (Fsp3) is 0.769. The summed E-state index contributed by atoms with van der Waals surface area (Å²) < 4.78 is 26.2. The van der Waals surface area contributed by atoms with Crippen LogP contribution in [0, 0.1) is 5.92 Å². The number of imidazole rings is 1. The second kappa shape index (κ2) is 6.27. The topological polar surface area (TPSA) is 29.9 Å². The Balaban J connectivity index is 1.84. The summed E-state index contributed by atoms with van der Waals surface area (Å²) in [5.41, 5.74) is 0. The van der Waals surface area contributed by atoms with E-state index in [4.69, 9.17) is 0 Å². The average Bonchev–Trinajstić information content (AvgIpc) is 2.85. The van der Waals surface area contributed by atoms with Gasteiger partial charge >= 0.3 is 6.55 Å². The number of hydrogen-bond acceptors (Lipinski definition) is 2. The Bertz CT molecular complexity index is 359. The highest BCUT2D eigenvalue weighted by Gasteiger charge is 2.20. The van der Waals surface area contributed by atoms with Crippen LogP contribution in [0.4, 0.5) is 8.78 Å². The smallest absolute Gasteiger partial charge is 0.307 e. The van der Waals surface area contributed by atoms with Crippen molar-refractivity contribution in [1.29, 1.82) is 0 Å². The molecular formula is C13H21F2N3. The molecule has 0 bridgehead atoms. The Labute approximate surface area is 107 Å². The molecule has 2 rings (SSSR count). The van der Waals surface area contributed by atoms with Crippen molar-refractivity contribution in [2.45, 2.75) is 58.2 Å². The Morgan fingerprint density at radius 3 is 2.78 bits per heavy atom. The fourth-order valence-electron chi connectivity index (χ4n) is 2.71. The second-order valence-electron chi connectivity index (χ2n) is 5.10. The number of nitrogens with zero attached hydrogens (tertiary/aromatic N) is 2. The molecule has 1 N–H and O–H groups in total. The van der Waals surface area contributed by atoms with Gasteiger partial charge < -0.3 is 5.32 Å². The molecule has 3 nitrogen and oxygen atoms in total. The molecule has 18 heavy (non-hydrogen) atoms. The molecular weight excluding hydrogens is 236 g/mol. The van der Waals surface area contributed by atoms with Crippen LogP contribution < -0.4 is 5.32 Å². The van der Waals surface area contributed by atoms with E-state index in [1.165, 1.54) is 44.5 Å². The number of hydrogen-bond donors (Lipinski definition) is 1. The molecule has 1 aliphatic carbocycles. The molecule has 0 radical (unpaired) electrons. The summed E-state index contributed by atoms with van der Waals surface area (Å²) in [5.74, 6) is 1.08. The van der Waals surface area contributed by atoms with Crippen molar-refractivity contribution in [2.75, 3.05) is 0 Å². The summed E-state index contributed by atoms with van der Waals surface area (Å²) in [5, 5.41) is 3.33. The Hall–Kier alpha value is -0.970. The molecule has 0 spiro atoms. The van der Waals surface area contributed by atoms with E-state index in [0.29, 0.717) is 24.3 Å². The first-order chi connectivity index (χ1) is 8.68. The lowest BCUT2D eigenvalue weighted by Crippen LogP contribution is -2.35. The predicted octanol–water partition coefficient (Wildman–Crippen LogP) is 3.34. The van der Waals surface area contributed by atoms with Crippen LogP contribution in [0.1, 0.15) is 51.4 Å². The van der Waals surface area contributed by atoms with Crippen LogP contribution in [-0.4, -0.2) is 15.6 Å². The van der Waals surface area contributed by atoms with Crippen LogP contribution in [0.3, 0.4) is 0 Å². The van der Waals surface area contributed by atoms with Crippen molar-refractivity contribution in [3.05, 3.63) is 18.2 Å². The monoisotopic (exact) mass is 257 g/mol. The summed E-state index contributed by atoms with van der Waals surface area (Å²) in [7, 11) is 0.